The molecule has 0 aromatic heterocycles. The van der Waals surface area contributed by atoms with Gasteiger partial charge in [0, 0.05) is 6.04 Å². The van der Waals surface area contributed by atoms with E-state index in [2.05, 4.69) is 4.90 Å². The van der Waals surface area contributed by atoms with Gasteiger partial charge >= 0.3 is 6.18 Å². The lowest BCUT2D eigenvalue weighted by Crippen LogP contribution is -2.49. The van der Waals surface area contributed by atoms with Crippen LogP contribution in [0.5, 0.6) is 0 Å². The fraction of sp³-hybridized carbons (Fsp3) is 1.00. The molecule has 2 nitrogen and oxygen atoms in total. The third kappa shape index (κ3) is 3.18. The quantitative estimate of drug-likeness (QED) is 0.831. The molecule has 0 aromatic carbocycles. The summed E-state index contributed by atoms with van der Waals surface area (Å²) in [5.41, 5.74) is 5.79. The molecule has 1 heterocycles. The molecule has 1 saturated carbocycles. The average Bonchev–Trinajstić information content (AvgIpc) is 2.38. The number of nitrogens with two attached hydrogens (primary N) is 1. The Morgan fingerprint density at radius 2 is 1.61 bits per heavy atom. The molecule has 2 atom stereocenters. The van der Waals surface area contributed by atoms with Crippen molar-refractivity contribution in [3.63, 3.8) is 0 Å². The third-order valence-electron chi connectivity index (χ3n) is 4.63. The average molecular weight is 264 g/mol. The minimum Gasteiger partial charge on any atom is -0.330 e. The van der Waals surface area contributed by atoms with Crippen LogP contribution in [0.4, 0.5) is 13.2 Å². The highest BCUT2D eigenvalue weighted by Crippen LogP contribution is 2.37. The summed E-state index contributed by atoms with van der Waals surface area (Å²) in [5.74, 6) is -0.602. The number of piperidine rings is 1. The van der Waals surface area contributed by atoms with E-state index in [1.807, 2.05) is 0 Å². The van der Waals surface area contributed by atoms with Crippen molar-refractivity contribution in [1.82, 2.24) is 4.90 Å². The van der Waals surface area contributed by atoms with Gasteiger partial charge in [0.2, 0.25) is 0 Å². The molecule has 106 valence electrons. The van der Waals surface area contributed by atoms with E-state index < -0.39 is 12.1 Å². The third-order valence-corrected chi connectivity index (χ3v) is 4.63. The van der Waals surface area contributed by atoms with E-state index in [9.17, 15) is 13.2 Å². The van der Waals surface area contributed by atoms with Crippen LogP contribution in [0.3, 0.4) is 0 Å². The molecule has 5 heteroatoms. The molecule has 0 amide bonds. The zero-order valence-corrected chi connectivity index (χ0v) is 10.8. The standard InChI is InChI=1S/C13H23F3N2/c14-13(15,16)11-5-7-18(8-6-11)12-4-2-1-3-10(12)9-17/h10-12H,1-9,17H2. The van der Waals surface area contributed by atoms with E-state index >= 15 is 0 Å². The van der Waals surface area contributed by atoms with Gasteiger partial charge in [-0.3, -0.25) is 0 Å². The molecule has 2 N–H and O–H groups in total. The molecule has 2 rings (SSSR count). The Kier molecular flexibility index (Phi) is 4.54. The van der Waals surface area contributed by atoms with Crippen molar-refractivity contribution < 1.29 is 13.2 Å². The maximum Gasteiger partial charge on any atom is 0.391 e. The summed E-state index contributed by atoms with van der Waals surface area (Å²) in [7, 11) is 0. The molecule has 2 fully saturated rings. The predicted octanol–water partition coefficient (Wildman–Crippen LogP) is 2.78. The molecule has 1 aliphatic carbocycles. The monoisotopic (exact) mass is 264 g/mol. The SMILES string of the molecule is NCC1CCCCC1N1CCC(C(F)(F)F)CC1. The first kappa shape index (κ1) is 14.1. The Morgan fingerprint density at radius 1 is 1.00 bits per heavy atom. The van der Waals surface area contributed by atoms with Gasteiger partial charge in [-0.1, -0.05) is 12.8 Å². The maximum absolute atomic E-state index is 12.6. The first-order valence-electron chi connectivity index (χ1n) is 7.03. The fourth-order valence-corrected chi connectivity index (χ4v) is 3.50. The molecule has 18 heavy (non-hydrogen) atoms. The van der Waals surface area contributed by atoms with E-state index in [0.717, 1.165) is 12.8 Å². The summed E-state index contributed by atoms with van der Waals surface area (Å²) in [5, 5.41) is 0. The van der Waals surface area contributed by atoms with Crippen molar-refractivity contribution in [1.29, 1.82) is 0 Å². The van der Waals surface area contributed by atoms with Crippen LogP contribution in [0, 0.1) is 11.8 Å². The summed E-state index contributed by atoms with van der Waals surface area (Å²) in [6.45, 7) is 1.85. The van der Waals surface area contributed by atoms with Crippen molar-refractivity contribution in [2.24, 2.45) is 17.6 Å². The first-order chi connectivity index (χ1) is 8.52. The second-order valence-electron chi connectivity index (χ2n) is 5.70. The minimum atomic E-state index is -4.01. The molecule has 1 saturated heterocycles. The Balaban J connectivity index is 1.88. The van der Waals surface area contributed by atoms with E-state index in [4.69, 9.17) is 5.73 Å². The smallest absolute Gasteiger partial charge is 0.330 e. The Hall–Kier alpha value is -0.290. The lowest BCUT2D eigenvalue weighted by Gasteiger charge is -2.43. The Bertz CT molecular complexity index is 259. The number of hydrogen-bond acceptors (Lipinski definition) is 2. The molecule has 0 spiro atoms. The van der Waals surface area contributed by atoms with Crippen molar-refractivity contribution in [3.8, 4) is 0 Å². The van der Waals surface area contributed by atoms with E-state index in [-0.39, 0.29) is 12.8 Å². The van der Waals surface area contributed by atoms with Gasteiger partial charge in [0.05, 0.1) is 5.92 Å². The molecule has 0 bridgehead atoms. The van der Waals surface area contributed by atoms with Crippen molar-refractivity contribution in [2.45, 2.75) is 50.7 Å². The predicted molar refractivity (Wildman–Crippen MR) is 65.2 cm³/mol. The van der Waals surface area contributed by atoms with Gasteiger partial charge in [-0.15, -0.1) is 0 Å². The molecule has 0 radical (unpaired) electrons. The number of rotatable bonds is 2. The molecular weight excluding hydrogens is 241 g/mol. The van der Waals surface area contributed by atoms with Crippen LogP contribution in [0.25, 0.3) is 0 Å². The fourth-order valence-electron chi connectivity index (χ4n) is 3.50. The molecule has 1 aliphatic heterocycles. The number of likely N-dealkylation sites (tertiary alicyclic amines) is 1. The highest BCUT2D eigenvalue weighted by atomic mass is 19.4. The zero-order valence-electron chi connectivity index (χ0n) is 10.8. The van der Waals surface area contributed by atoms with Gasteiger partial charge < -0.3 is 10.6 Å². The first-order valence-corrected chi connectivity index (χ1v) is 7.03. The van der Waals surface area contributed by atoms with Gasteiger partial charge in [0.1, 0.15) is 0 Å². The summed E-state index contributed by atoms with van der Waals surface area (Å²) < 4.78 is 37.8. The van der Waals surface area contributed by atoms with Gasteiger partial charge in [-0.25, -0.2) is 0 Å². The molecule has 2 unspecified atom stereocenters. The van der Waals surface area contributed by atoms with Crippen LogP contribution in [0.15, 0.2) is 0 Å². The maximum atomic E-state index is 12.6. The van der Waals surface area contributed by atoms with Crippen LogP contribution >= 0.6 is 0 Å². The van der Waals surface area contributed by atoms with Gasteiger partial charge in [0.15, 0.2) is 0 Å². The Labute approximate surface area is 107 Å². The number of hydrogen-bond donors (Lipinski definition) is 1. The number of nitrogens with zero attached hydrogens (tertiary/aromatic N) is 1. The van der Waals surface area contributed by atoms with E-state index in [1.165, 1.54) is 12.8 Å². The van der Waals surface area contributed by atoms with Gasteiger partial charge in [-0.05, 0) is 51.2 Å². The minimum absolute atomic E-state index is 0.261. The van der Waals surface area contributed by atoms with Gasteiger partial charge in [-0.2, -0.15) is 13.2 Å². The highest BCUT2D eigenvalue weighted by Gasteiger charge is 2.42. The number of alkyl halides is 3. The second kappa shape index (κ2) is 5.78. The van der Waals surface area contributed by atoms with Crippen LogP contribution in [-0.2, 0) is 0 Å². The highest BCUT2D eigenvalue weighted by molar-refractivity contribution is 4.87. The van der Waals surface area contributed by atoms with Crippen molar-refractivity contribution in [3.05, 3.63) is 0 Å². The van der Waals surface area contributed by atoms with E-state index in [1.54, 1.807) is 0 Å². The number of halogens is 3. The summed E-state index contributed by atoms with van der Waals surface area (Å²) in [4.78, 5) is 2.26. The van der Waals surface area contributed by atoms with Crippen molar-refractivity contribution in [2.75, 3.05) is 19.6 Å². The summed E-state index contributed by atoms with van der Waals surface area (Å²) in [6.07, 6.45) is 1.18. The molecule has 0 aromatic rings. The molecule has 2 aliphatic rings. The van der Waals surface area contributed by atoms with Crippen LogP contribution in [-0.4, -0.2) is 36.8 Å². The lowest BCUT2D eigenvalue weighted by molar-refractivity contribution is -0.186. The lowest BCUT2D eigenvalue weighted by atomic mass is 9.82. The summed E-state index contributed by atoms with van der Waals surface area (Å²) in [6, 6.07) is 0.429. The van der Waals surface area contributed by atoms with Gasteiger partial charge in [0.25, 0.3) is 0 Å². The van der Waals surface area contributed by atoms with E-state index in [0.29, 0.717) is 31.6 Å². The van der Waals surface area contributed by atoms with Crippen LogP contribution in [0.1, 0.15) is 38.5 Å². The van der Waals surface area contributed by atoms with Crippen molar-refractivity contribution >= 4 is 0 Å². The second-order valence-corrected chi connectivity index (χ2v) is 5.70. The normalized spacial score (nSPS) is 32.7. The van der Waals surface area contributed by atoms with Crippen LogP contribution < -0.4 is 5.73 Å². The summed E-state index contributed by atoms with van der Waals surface area (Å²) >= 11 is 0. The largest absolute Gasteiger partial charge is 0.391 e. The van der Waals surface area contributed by atoms with Crippen LogP contribution in [0.2, 0.25) is 0 Å². The zero-order chi connectivity index (χ0) is 13.2. The Morgan fingerprint density at radius 3 is 2.17 bits per heavy atom. The molecular formula is C13H23F3N2. The topological polar surface area (TPSA) is 29.3 Å².